The van der Waals surface area contributed by atoms with Crippen LogP contribution >= 0.6 is 12.2 Å². The zero-order valence-corrected chi connectivity index (χ0v) is 18.3. The Morgan fingerprint density at radius 3 is 2.68 bits per heavy atom. The highest BCUT2D eigenvalue weighted by Crippen LogP contribution is 2.24. The van der Waals surface area contributed by atoms with Crippen molar-refractivity contribution in [3.8, 4) is 0 Å². The van der Waals surface area contributed by atoms with Crippen LogP contribution in [-0.4, -0.2) is 26.5 Å². The molecule has 0 saturated carbocycles. The highest BCUT2D eigenvalue weighted by Gasteiger charge is 2.15. The van der Waals surface area contributed by atoms with Crippen molar-refractivity contribution in [1.82, 2.24) is 20.2 Å². The number of nitrogens with zero attached hydrogens (tertiary/aromatic N) is 2. The Hall–Kier alpha value is -3.25. The highest BCUT2D eigenvalue weighted by atomic mass is 32.1. The average Bonchev–Trinajstić information content (AvgIpc) is 3.10. The molecule has 4 nitrogen and oxygen atoms in total. The first kappa shape index (κ1) is 21.0. The van der Waals surface area contributed by atoms with Crippen LogP contribution in [0.5, 0.6) is 0 Å². The van der Waals surface area contributed by atoms with E-state index in [9.17, 15) is 4.39 Å². The predicted molar refractivity (Wildman–Crippen MR) is 127 cm³/mol. The van der Waals surface area contributed by atoms with Gasteiger partial charge in [0.25, 0.3) is 0 Å². The molecule has 2 aromatic heterocycles. The lowest BCUT2D eigenvalue weighted by molar-refractivity contribution is 0.408. The maximum atomic E-state index is 13.8. The van der Waals surface area contributed by atoms with Gasteiger partial charge in [-0.15, -0.1) is 0 Å². The van der Waals surface area contributed by atoms with Gasteiger partial charge >= 0.3 is 0 Å². The monoisotopic (exact) mass is 432 g/mol. The SMILES string of the molecule is Cc1[nH]c2ccc(F)cc2c1CCN(Cc1cccnc1)C(=S)NCc1ccccc1. The molecule has 4 rings (SSSR count). The Bertz CT molecular complexity index is 1160. The number of aromatic amines is 1. The van der Waals surface area contributed by atoms with Crippen LogP contribution in [0.15, 0.2) is 73.1 Å². The third-order valence-corrected chi connectivity index (χ3v) is 5.79. The van der Waals surface area contributed by atoms with E-state index in [2.05, 4.69) is 32.3 Å². The number of hydrogen-bond acceptors (Lipinski definition) is 2. The first-order chi connectivity index (χ1) is 15.1. The second-order valence-corrected chi connectivity index (χ2v) is 7.98. The molecular weight excluding hydrogens is 407 g/mol. The topological polar surface area (TPSA) is 44.0 Å². The van der Waals surface area contributed by atoms with Gasteiger partial charge in [-0.05, 0) is 66.5 Å². The van der Waals surface area contributed by atoms with E-state index in [0.29, 0.717) is 24.7 Å². The minimum atomic E-state index is -0.222. The number of hydrogen-bond donors (Lipinski definition) is 2. The summed E-state index contributed by atoms with van der Waals surface area (Å²) in [5.74, 6) is -0.222. The summed E-state index contributed by atoms with van der Waals surface area (Å²) in [6.07, 6.45) is 4.38. The smallest absolute Gasteiger partial charge is 0.169 e. The largest absolute Gasteiger partial charge is 0.358 e. The molecule has 0 radical (unpaired) electrons. The predicted octanol–water partition coefficient (Wildman–Crippen LogP) is 5.13. The van der Waals surface area contributed by atoms with Crippen LogP contribution in [0, 0.1) is 12.7 Å². The Balaban J connectivity index is 1.51. The van der Waals surface area contributed by atoms with Gasteiger partial charge in [-0.2, -0.15) is 0 Å². The zero-order chi connectivity index (χ0) is 21.6. The summed E-state index contributed by atoms with van der Waals surface area (Å²) in [6.45, 7) is 4.06. The van der Waals surface area contributed by atoms with E-state index in [1.807, 2.05) is 43.5 Å². The van der Waals surface area contributed by atoms with Crippen molar-refractivity contribution in [3.05, 3.63) is 101 Å². The molecule has 158 valence electrons. The molecule has 2 heterocycles. The number of thiocarbonyl (C=S) groups is 1. The summed E-state index contributed by atoms with van der Waals surface area (Å²) >= 11 is 5.74. The number of aryl methyl sites for hydroxylation is 1. The minimum absolute atomic E-state index is 0.222. The molecule has 0 aliphatic heterocycles. The van der Waals surface area contributed by atoms with Gasteiger partial charge in [-0.1, -0.05) is 36.4 Å². The van der Waals surface area contributed by atoms with Crippen LogP contribution in [0.25, 0.3) is 10.9 Å². The highest BCUT2D eigenvalue weighted by molar-refractivity contribution is 7.80. The van der Waals surface area contributed by atoms with Gasteiger partial charge in [0.05, 0.1) is 0 Å². The molecule has 0 amide bonds. The van der Waals surface area contributed by atoms with E-state index in [4.69, 9.17) is 12.2 Å². The fourth-order valence-electron chi connectivity index (χ4n) is 3.77. The van der Waals surface area contributed by atoms with Crippen LogP contribution in [0.2, 0.25) is 0 Å². The number of fused-ring (bicyclic) bond motifs is 1. The van der Waals surface area contributed by atoms with Crippen molar-refractivity contribution >= 4 is 28.2 Å². The van der Waals surface area contributed by atoms with Crippen molar-refractivity contribution in [2.45, 2.75) is 26.4 Å². The van der Waals surface area contributed by atoms with Crippen molar-refractivity contribution in [3.63, 3.8) is 0 Å². The molecule has 6 heteroatoms. The fourth-order valence-corrected chi connectivity index (χ4v) is 4.00. The van der Waals surface area contributed by atoms with E-state index in [-0.39, 0.29) is 5.82 Å². The summed E-state index contributed by atoms with van der Waals surface area (Å²) in [5.41, 5.74) is 5.40. The summed E-state index contributed by atoms with van der Waals surface area (Å²) in [5, 5.41) is 5.00. The van der Waals surface area contributed by atoms with Gasteiger partial charge in [0.2, 0.25) is 0 Å². The molecule has 0 atom stereocenters. The van der Waals surface area contributed by atoms with Crippen LogP contribution in [-0.2, 0) is 19.5 Å². The standard InChI is InChI=1S/C25H25FN4S/c1-18-22(23-14-21(26)9-10-24(23)29-18)11-13-30(17-20-8-5-12-27-15-20)25(31)28-16-19-6-3-2-4-7-19/h2-10,12,14-15,29H,11,13,16-17H2,1H3,(H,28,31). The Morgan fingerprint density at radius 1 is 1.10 bits per heavy atom. The van der Waals surface area contributed by atoms with E-state index in [0.717, 1.165) is 34.1 Å². The van der Waals surface area contributed by atoms with Gasteiger partial charge in [0.15, 0.2) is 5.11 Å². The second kappa shape index (κ2) is 9.71. The number of nitrogens with one attached hydrogen (secondary N) is 2. The van der Waals surface area contributed by atoms with E-state index < -0.39 is 0 Å². The van der Waals surface area contributed by atoms with E-state index >= 15 is 0 Å². The summed E-state index contributed by atoms with van der Waals surface area (Å²) < 4.78 is 13.8. The third kappa shape index (κ3) is 5.27. The van der Waals surface area contributed by atoms with E-state index in [1.165, 1.54) is 11.6 Å². The number of rotatable bonds is 7. The maximum absolute atomic E-state index is 13.8. The molecule has 0 bridgehead atoms. The molecule has 0 fully saturated rings. The Kier molecular flexibility index (Phi) is 6.57. The van der Waals surface area contributed by atoms with Crippen molar-refractivity contribution < 1.29 is 4.39 Å². The molecular formula is C25H25FN4S. The normalized spacial score (nSPS) is 10.9. The zero-order valence-electron chi connectivity index (χ0n) is 17.4. The molecule has 2 N–H and O–H groups in total. The van der Waals surface area contributed by atoms with Gasteiger partial charge < -0.3 is 15.2 Å². The lowest BCUT2D eigenvalue weighted by Gasteiger charge is -2.26. The van der Waals surface area contributed by atoms with Crippen molar-refractivity contribution in [2.75, 3.05) is 6.54 Å². The van der Waals surface area contributed by atoms with Crippen LogP contribution in [0.4, 0.5) is 4.39 Å². The molecule has 2 aromatic carbocycles. The van der Waals surface area contributed by atoms with Crippen molar-refractivity contribution in [1.29, 1.82) is 0 Å². The maximum Gasteiger partial charge on any atom is 0.169 e. The van der Waals surface area contributed by atoms with Gasteiger partial charge in [0.1, 0.15) is 5.82 Å². The number of H-pyrrole nitrogens is 1. The minimum Gasteiger partial charge on any atom is -0.358 e. The van der Waals surface area contributed by atoms with Crippen molar-refractivity contribution in [2.24, 2.45) is 0 Å². The van der Waals surface area contributed by atoms with E-state index in [1.54, 1.807) is 18.3 Å². The lowest BCUT2D eigenvalue weighted by Crippen LogP contribution is -2.40. The van der Waals surface area contributed by atoms with Crippen LogP contribution in [0.1, 0.15) is 22.4 Å². The number of aromatic nitrogens is 2. The van der Waals surface area contributed by atoms with Gasteiger partial charge in [-0.3, -0.25) is 4.98 Å². The Labute approximate surface area is 187 Å². The van der Waals surface area contributed by atoms with Gasteiger partial charge in [-0.25, -0.2) is 4.39 Å². The summed E-state index contributed by atoms with van der Waals surface area (Å²) in [7, 11) is 0. The summed E-state index contributed by atoms with van der Waals surface area (Å²) in [6, 6.07) is 19.1. The molecule has 0 unspecified atom stereocenters. The number of halogens is 1. The first-order valence-corrected chi connectivity index (χ1v) is 10.7. The third-order valence-electron chi connectivity index (χ3n) is 5.38. The molecule has 0 spiro atoms. The quantitative estimate of drug-likeness (QED) is 0.398. The first-order valence-electron chi connectivity index (χ1n) is 10.3. The lowest BCUT2D eigenvalue weighted by atomic mass is 10.1. The Morgan fingerprint density at radius 2 is 1.90 bits per heavy atom. The van der Waals surface area contributed by atoms with Crippen LogP contribution < -0.4 is 5.32 Å². The number of pyridine rings is 1. The molecule has 0 aliphatic carbocycles. The molecule has 0 saturated heterocycles. The van der Waals surface area contributed by atoms with Gasteiger partial charge in [0, 0.05) is 48.6 Å². The number of benzene rings is 2. The molecule has 0 aliphatic rings. The molecule has 4 aromatic rings. The average molecular weight is 433 g/mol. The van der Waals surface area contributed by atoms with Crippen LogP contribution in [0.3, 0.4) is 0 Å². The summed E-state index contributed by atoms with van der Waals surface area (Å²) in [4.78, 5) is 9.73. The fraction of sp³-hybridized carbons (Fsp3) is 0.200. The second-order valence-electron chi connectivity index (χ2n) is 7.60. The molecule has 31 heavy (non-hydrogen) atoms.